The number of carbonyl (C=O) groups excluding carboxylic acids is 1. The number of pyridine rings is 1. The normalized spacial score (nSPS) is 10.6. The highest BCUT2D eigenvalue weighted by Gasteiger charge is 2.18. The summed E-state index contributed by atoms with van der Waals surface area (Å²) < 4.78 is 29.6. The molecule has 94 valence electrons. The first-order chi connectivity index (χ1) is 7.99. The lowest BCUT2D eigenvalue weighted by atomic mass is 10.1. The van der Waals surface area contributed by atoms with E-state index < -0.39 is 18.1 Å². The highest BCUT2D eigenvalue weighted by molar-refractivity contribution is 5.72. The minimum atomic E-state index is -2.79. The van der Waals surface area contributed by atoms with E-state index in [1.165, 1.54) is 13.2 Å². The van der Waals surface area contributed by atoms with Crippen molar-refractivity contribution in [1.29, 1.82) is 0 Å². The van der Waals surface area contributed by atoms with Gasteiger partial charge in [0.15, 0.2) is 0 Å². The Balaban J connectivity index is 3.16. The summed E-state index contributed by atoms with van der Waals surface area (Å²) in [5, 5.41) is 0. The molecule has 0 bridgehead atoms. The van der Waals surface area contributed by atoms with Crippen molar-refractivity contribution in [2.24, 2.45) is 5.73 Å². The molecule has 4 N–H and O–H groups in total. The van der Waals surface area contributed by atoms with Crippen molar-refractivity contribution in [1.82, 2.24) is 4.98 Å². The van der Waals surface area contributed by atoms with E-state index in [2.05, 4.69) is 9.72 Å². The molecule has 5 nitrogen and oxygen atoms in total. The van der Waals surface area contributed by atoms with Crippen molar-refractivity contribution in [2.75, 3.05) is 12.8 Å². The second-order valence-electron chi connectivity index (χ2n) is 3.33. The van der Waals surface area contributed by atoms with Gasteiger partial charge >= 0.3 is 5.97 Å². The molecule has 0 aliphatic heterocycles. The van der Waals surface area contributed by atoms with Crippen LogP contribution in [0, 0.1) is 0 Å². The molecular formula is C10H13F2N3O2. The zero-order chi connectivity index (χ0) is 13.0. The molecule has 0 spiro atoms. The first kappa shape index (κ1) is 13.3. The fourth-order valence-corrected chi connectivity index (χ4v) is 1.34. The van der Waals surface area contributed by atoms with E-state index in [1.807, 2.05) is 0 Å². The SMILES string of the molecule is COC(=O)Cc1nc(C(F)F)c(N)cc1CN. The van der Waals surface area contributed by atoms with E-state index >= 15 is 0 Å². The maximum atomic E-state index is 12.6. The quantitative estimate of drug-likeness (QED) is 0.765. The molecule has 1 heterocycles. The Bertz CT molecular complexity index is 424. The number of anilines is 1. The maximum Gasteiger partial charge on any atom is 0.311 e. The number of halogens is 2. The van der Waals surface area contributed by atoms with Crippen molar-refractivity contribution in [2.45, 2.75) is 19.4 Å². The summed E-state index contributed by atoms with van der Waals surface area (Å²) in [4.78, 5) is 14.8. The second-order valence-corrected chi connectivity index (χ2v) is 3.33. The molecule has 0 saturated heterocycles. The predicted molar refractivity (Wildman–Crippen MR) is 57.2 cm³/mol. The third kappa shape index (κ3) is 3.10. The van der Waals surface area contributed by atoms with Crippen molar-refractivity contribution in [3.63, 3.8) is 0 Å². The zero-order valence-corrected chi connectivity index (χ0v) is 9.24. The van der Waals surface area contributed by atoms with Crippen LogP contribution in [0.3, 0.4) is 0 Å². The molecular weight excluding hydrogens is 232 g/mol. The molecule has 1 aromatic heterocycles. The molecule has 1 rings (SSSR count). The highest BCUT2D eigenvalue weighted by atomic mass is 19.3. The van der Waals surface area contributed by atoms with E-state index in [4.69, 9.17) is 11.5 Å². The predicted octanol–water partition coefficient (Wildman–Crippen LogP) is 0.776. The Morgan fingerprint density at radius 2 is 2.24 bits per heavy atom. The number of hydrogen-bond acceptors (Lipinski definition) is 5. The Morgan fingerprint density at radius 1 is 1.59 bits per heavy atom. The van der Waals surface area contributed by atoms with Gasteiger partial charge in [-0.1, -0.05) is 0 Å². The van der Waals surface area contributed by atoms with Crippen molar-refractivity contribution in [3.8, 4) is 0 Å². The van der Waals surface area contributed by atoms with Crippen molar-refractivity contribution >= 4 is 11.7 Å². The number of carbonyl (C=O) groups is 1. The van der Waals surface area contributed by atoms with Gasteiger partial charge in [0.05, 0.1) is 24.9 Å². The monoisotopic (exact) mass is 245 g/mol. The van der Waals surface area contributed by atoms with Crippen LogP contribution in [-0.4, -0.2) is 18.1 Å². The summed E-state index contributed by atoms with van der Waals surface area (Å²) in [6.07, 6.45) is -3.00. The topological polar surface area (TPSA) is 91.2 Å². The molecule has 0 unspecified atom stereocenters. The number of rotatable bonds is 4. The van der Waals surface area contributed by atoms with E-state index in [9.17, 15) is 13.6 Å². The van der Waals surface area contributed by atoms with Gasteiger partial charge in [0.2, 0.25) is 0 Å². The van der Waals surface area contributed by atoms with Gasteiger partial charge in [-0.3, -0.25) is 4.79 Å². The smallest absolute Gasteiger partial charge is 0.311 e. The molecule has 0 aromatic carbocycles. The molecule has 17 heavy (non-hydrogen) atoms. The van der Waals surface area contributed by atoms with Crippen LogP contribution in [-0.2, 0) is 22.5 Å². The number of nitrogens with two attached hydrogens (primary N) is 2. The fraction of sp³-hybridized carbons (Fsp3) is 0.400. The Morgan fingerprint density at radius 3 is 2.71 bits per heavy atom. The van der Waals surface area contributed by atoms with Crippen molar-refractivity contribution < 1.29 is 18.3 Å². The Hall–Kier alpha value is -1.76. The van der Waals surface area contributed by atoms with Crippen LogP contribution in [0.5, 0.6) is 0 Å². The number of methoxy groups -OCH3 is 1. The number of nitrogen functional groups attached to an aromatic ring is 1. The average Bonchev–Trinajstić information content (AvgIpc) is 2.30. The number of alkyl halides is 2. The van der Waals surface area contributed by atoms with Crippen LogP contribution in [0.25, 0.3) is 0 Å². The molecule has 0 saturated carbocycles. The van der Waals surface area contributed by atoms with Gasteiger partial charge in [-0.2, -0.15) is 0 Å². The first-order valence-electron chi connectivity index (χ1n) is 4.82. The van der Waals surface area contributed by atoms with Crippen LogP contribution in [0.1, 0.15) is 23.4 Å². The number of aromatic nitrogens is 1. The minimum absolute atomic E-state index is 0.0625. The molecule has 1 aromatic rings. The van der Waals surface area contributed by atoms with Crippen LogP contribution < -0.4 is 11.5 Å². The third-order valence-electron chi connectivity index (χ3n) is 2.22. The lowest BCUT2D eigenvalue weighted by Gasteiger charge is -2.11. The van der Waals surface area contributed by atoms with Gasteiger partial charge in [0, 0.05) is 6.54 Å². The van der Waals surface area contributed by atoms with Gasteiger partial charge in [0.1, 0.15) is 5.69 Å². The molecule has 7 heteroatoms. The maximum absolute atomic E-state index is 12.6. The minimum Gasteiger partial charge on any atom is -0.469 e. The van der Waals surface area contributed by atoms with Gasteiger partial charge < -0.3 is 16.2 Å². The molecule has 0 aliphatic rings. The van der Waals surface area contributed by atoms with Gasteiger partial charge in [0.25, 0.3) is 6.43 Å². The molecule has 0 radical (unpaired) electrons. The number of esters is 1. The van der Waals surface area contributed by atoms with Gasteiger partial charge in [-0.25, -0.2) is 13.8 Å². The lowest BCUT2D eigenvalue weighted by molar-refractivity contribution is -0.139. The second kappa shape index (κ2) is 5.53. The zero-order valence-electron chi connectivity index (χ0n) is 9.24. The molecule has 0 aliphatic carbocycles. The standard InChI is InChI=1S/C10H13F2N3O2/c1-17-8(16)3-7-5(4-13)2-6(14)9(15-7)10(11)12/h2,10H,3-4,13-14H2,1H3. The molecule has 0 fully saturated rings. The summed E-state index contributed by atoms with van der Waals surface area (Å²) in [6, 6.07) is 1.31. The van der Waals surface area contributed by atoms with Gasteiger partial charge in [-0.15, -0.1) is 0 Å². The fourth-order valence-electron chi connectivity index (χ4n) is 1.34. The lowest BCUT2D eigenvalue weighted by Crippen LogP contribution is -2.14. The van der Waals surface area contributed by atoms with Gasteiger partial charge in [-0.05, 0) is 11.6 Å². The number of nitrogens with zero attached hydrogens (tertiary/aromatic N) is 1. The largest absolute Gasteiger partial charge is 0.469 e. The molecule has 0 atom stereocenters. The highest BCUT2D eigenvalue weighted by Crippen LogP contribution is 2.25. The summed E-state index contributed by atoms with van der Waals surface area (Å²) in [6.45, 7) is 0.0625. The average molecular weight is 245 g/mol. The van der Waals surface area contributed by atoms with Crippen LogP contribution in [0.2, 0.25) is 0 Å². The third-order valence-corrected chi connectivity index (χ3v) is 2.22. The van der Waals surface area contributed by atoms with Crippen LogP contribution >= 0.6 is 0 Å². The number of ether oxygens (including phenoxy) is 1. The Labute approximate surface area is 96.8 Å². The summed E-state index contributed by atoms with van der Waals surface area (Å²) in [5.41, 5.74) is 10.8. The van der Waals surface area contributed by atoms with Crippen LogP contribution in [0.15, 0.2) is 6.07 Å². The first-order valence-corrected chi connectivity index (χ1v) is 4.82. The summed E-state index contributed by atoms with van der Waals surface area (Å²) >= 11 is 0. The van der Waals surface area contributed by atoms with Crippen molar-refractivity contribution in [3.05, 3.63) is 23.0 Å². The Kier molecular flexibility index (Phi) is 4.33. The number of hydrogen-bond donors (Lipinski definition) is 2. The van der Waals surface area contributed by atoms with E-state index in [0.717, 1.165) is 0 Å². The van der Waals surface area contributed by atoms with E-state index in [1.54, 1.807) is 0 Å². The summed E-state index contributed by atoms with van der Waals surface area (Å²) in [5.74, 6) is -0.572. The summed E-state index contributed by atoms with van der Waals surface area (Å²) in [7, 11) is 1.20. The van der Waals surface area contributed by atoms with E-state index in [0.29, 0.717) is 5.56 Å². The van der Waals surface area contributed by atoms with Crippen LogP contribution in [0.4, 0.5) is 14.5 Å². The molecule has 0 amide bonds. The van der Waals surface area contributed by atoms with E-state index in [-0.39, 0.29) is 24.3 Å².